The van der Waals surface area contributed by atoms with Gasteiger partial charge in [0.25, 0.3) is 5.56 Å². The molecule has 148 valence electrons. The normalized spacial score (nSPS) is 16.6. The van der Waals surface area contributed by atoms with Crippen LogP contribution >= 0.6 is 22.7 Å². The third-order valence-corrected chi connectivity index (χ3v) is 6.68. The molecule has 0 radical (unpaired) electrons. The van der Waals surface area contributed by atoms with Crippen LogP contribution < -0.4 is 16.6 Å². The van der Waals surface area contributed by atoms with E-state index in [0.717, 1.165) is 24.3 Å². The van der Waals surface area contributed by atoms with Crippen molar-refractivity contribution >= 4 is 38.8 Å². The van der Waals surface area contributed by atoms with Crippen molar-refractivity contribution in [3.8, 4) is 0 Å². The molecule has 28 heavy (non-hydrogen) atoms. The van der Waals surface area contributed by atoms with Crippen LogP contribution in [0.1, 0.15) is 17.7 Å². The van der Waals surface area contributed by atoms with Gasteiger partial charge in [0.2, 0.25) is 5.91 Å². The number of hydrogen-bond donors (Lipinski definition) is 1. The molecule has 0 spiro atoms. The third-order valence-electron chi connectivity index (χ3n) is 4.85. The highest BCUT2D eigenvalue weighted by Crippen LogP contribution is 2.16. The third kappa shape index (κ3) is 3.96. The molecule has 0 aliphatic carbocycles. The SMILES string of the molecule is O=C(Cn1c(=O)n(CCc2cccs2)c(=O)c2sccc21)NC[C@@H]1CCCO1. The van der Waals surface area contributed by atoms with E-state index in [0.29, 0.717) is 29.7 Å². The second kappa shape index (κ2) is 8.42. The van der Waals surface area contributed by atoms with E-state index in [4.69, 9.17) is 4.74 Å². The van der Waals surface area contributed by atoms with Crippen LogP contribution in [0.15, 0.2) is 38.5 Å². The Bertz CT molecular complexity index is 1070. The Labute approximate surface area is 169 Å². The zero-order valence-electron chi connectivity index (χ0n) is 15.3. The zero-order valence-corrected chi connectivity index (χ0v) is 16.9. The minimum absolute atomic E-state index is 0.0431. The van der Waals surface area contributed by atoms with E-state index >= 15 is 0 Å². The van der Waals surface area contributed by atoms with Crippen molar-refractivity contribution in [1.29, 1.82) is 0 Å². The summed E-state index contributed by atoms with van der Waals surface area (Å²) in [6, 6.07) is 5.65. The number of nitrogens with zero attached hydrogens (tertiary/aromatic N) is 2. The number of carbonyl (C=O) groups excluding carboxylic acids is 1. The number of nitrogens with one attached hydrogen (secondary N) is 1. The molecule has 0 unspecified atom stereocenters. The standard InChI is InChI=1S/C19H21N3O4S2/c23-16(20-11-13-3-1-8-26-13)12-22-15-6-10-28-17(15)18(24)21(19(22)25)7-5-14-4-2-9-27-14/h2,4,6,9-10,13H,1,3,5,7-8,11-12H2,(H,20,23)/t13-/m0/s1. The Morgan fingerprint density at radius 1 is 1.21 bits per heavy atom. The molecule has 0 bridgehead atoms. The lowest BCUT2D eigenvalue weighted by Crippen LogP contribution is -2.43. The molecule has 9 heteroatoms. The van der Waals surface area contributed by atoms with Gasteiger partial charge in [0, 0.05) is 24.6 Å². The van der Waals surface area contributed by atoms with Gasteiger partial charge in [0.05, 0.1) is 11.6 Å². The lowest BCUT2D eigenvalue weighted by atomic mass is 10.2. The molecular formula is C19H21N3O4S2. The fourth-order valence-electron chi connectivity index (χ4n) is 3.39. The lowest BCUT2D eigenvalue weighted by Gasteiger charge is -2.14. The predicted molar refractivity (Wildman–Crippen MR) is 110 cm³/mol. The number of rotatable bonds is 7. The molecular weight excluding hydrogens is 398 g/mol. The highest BCUT2D eigenvalue weighted by Gasteiger charge is 2.19. The van der Waals surface area contributed by atoms with Crippen LogP contribution in [0.3, 0.4) is 0 Å². The molecule has 1 N–H and O–H groups in total. The quantitative estimate of drug-likeness (QED) is 0.633. The van der Waals surface area contributed by atoms with Gasteiger partial charge in [-0.15, -0.1) is 22.7 Å². The number of carbonyl (C=O) groups is 1. The Morgan fingerprint density at radius 3 is 2.86 bits per heavy atom. The number of aromatic nitrogens is 2. The van der Waals surface area contributed by atoms with E-state index in [-0.39, 0.29) is 24.1 Å². The zero-order chi connectivity index (χ0) is 19.5. The van der Waals surface area contributed by atoms with Crippen molar-refractivity contribution in [1.82, 2.24) is 14.5 Å². The van der Waals surface area contributed by atoms with E-state index in [9.17, 15) is 14.4 Å². The van der Waals surface area contributed by atoms with E-state index < -0.39 is 5.69 Å². The summed E-state index contributed by atoms with van der Waals surface area (Å²) in [6.45, 7) is 1.35. The van der Waals surface area contributed by atoms with Gasteiger partial charge in [-0.3, -0.25) is 18.7 Å². The maximum absolute atomic E-state index is 13.0. The average Bonchev–Trinajstić information content (AvgIpc) is 3.45. The minimum Gasteiger partial charge on any atom is -0.376 e. The van der Waals surface area contributed by atoms with Crippen molar-refractivity contribution in [2.75, 3.05) is 13.2 Å². The topological polar surface area (TPSA) is 82.3 Å². The Balaban J connectivity index is 1.57. The number of fused-ring (bicyclic) bond motifs is 1. The van der Waals surface area contributed by atoms with Crippen molar-refractivity contribution < 1.29 is 9.53 Å². The molecule has 7 nitrogen and oxygen atoms in total. The van der Waals surface area contributed by atoms with Crippen molar-refractivity contribution in [2.24, 2.45) is 0 Å². The Hall–Kier alpha value is -2.23. The molecule has 4 rings (SSSR count). The van der Waals surface area contributed by atoms with Gasteiger partial charge in [0.1, 0.15) is 11.2 Å². The Morgan fingerprint density at radius 2 is 2.11 bits per heavy atom. The van der Waals surface area contributed by atoms with E-state index in [1.54, 1.807) is 22.8 Å². The first kappa shape index (κ1) is 19.1. The summed E-state index contributed by atoms with van der Waals surface area (Å²) in [6.07, 6.45) is 2.59. The Kier molecular flexibility index (Phi) is 5.74. The number of aryl methyl sites for hydroxylation is 1. The molecule has 0 saturated carbocycles. The maximum Gasteiger partial charge on any atom is 0.332 e. The predicted octanol–water partition coefficient (Wildman–Crippen LogP) is 1.82. The average molecular weight is 420 g/mol. The van der Waals surface area contributed by atoms with Gasteiger partial charge in [0.15, 0.2) is 0 Å². The second-order valence-electron chi connectivity index (χ2n) is 6.73. The van der Waals surface area contributed by atoms with Crippen molar-refractivity contribution in [3.63, 3.8) is 0 Å². The molecule has 0 aromatic carbocycles. The summed E-state index contributed by atoms with van der Waals surface area (Å²) in [5, 5.41) is 6.58. The van der Waals surface area contributed by atoms with Crippen LogP contribution in [0.4, 0.5) is 0 Å². The lowest BCUT2D eigenvalue weighted by molar-refractivity contribution is -0.122. The molecule has 3 aromatic rings. The largest absolute Gasteiger partial charge is 0.376 e. The number of amides is 1. The smallest absolute Gasteiger partial charge is 0.332 e. The second-order valence-corrected chi connectivity index (χ2v) is 8.68. The molecule has 1 atom stereocenters. The van der Waals surface area contributed by atoms with Crippen LogP contribution in [0.2, 0.25) is 0 Å². The van der Waals surface area contributed by atoms with Crippen LogP contribution in [-0.2, 0) is 29.0 Å². The van der Waals surface area contributed by atoms with Crippen molar-refractivity contribution in [2.45, 2.75) is 38.5 Å². The van der Waals surface area contributed by atoms with Gasteiger partial charge in [-0.1, -0.05) is 6.07 Å². The van der Waals surface area contributed by atoms with E-state index in [2.05, 4.69) is 5.32 Å². The van der Waals surface area contributed by atoms with Crippen LogP contribution in [0, 0.1) is 0 Å². The highest BCUT2D eigenvalue weighted by atomic mass is 32.1. The first-order valence-corrected chi connectivity index (χ1v) is 11.0. The molecule has 1 aliphatic rings. The molecule has 1 fully saturated rings. The fourth-order valence-corrected chi connectivity index (χ4v) is 4.93. The molecule has 1 amide bonds. The fraction of sp³-hybridized carbons (Fsp3) is 0.421. The van der Waals surface area contributed by atoms with Crippen molar-refractivity contribution in [3.05, 3.63) is 54.7 Å². The summed E-state index contributed by atoms with van der Waals surface area (Å²) >= 11 is 2.89. The van der Waals surface area contributed by atoms with Gasteiger partial charge >= 0.3 is 5.69 Å². The first-order chi connectivity index (χ1) is 13.6. The van der Waals surface area contributed by atoms with Crippen LogP contribution in [-0.4, -0.2) is 34.3 Å². The van der Waals surface area contributed by atoms with Crippen LogP contribution in [0.5, 0.6) is 0 Å². The molecule has 3 aromatic heterocycles. The van der Waals surface area contributed by atoms with Gasteiger partial charge < -0.3 is 10.1 Å². The van der Waals surface area contributed by atoms with Gasteiger partial charge in [-0.2, -0.15) is 0 Å². The van der Waals surface area contributed by atoms with E-state index in [1.807, 2.05) is 17.5 Å². The summed E-state index contributed by atoms with van der Waals surface area (Å²) in [5.74, 6) is -0.256. The van der Waals surface area contributed by atoms with Gasteiger partial charge in [-0.25, -0.2) is 4.79 Å². The summed E-state index contributed by atoms with van der Waals surface area (Å²) < 4.78 is 8.65. The monoisotopic (exact) mass is 419 g/mol. The number of thiophene rings is 2. The highest BCUT2D eigenvalue weighted by molar-refractivity contribution is 7.17. The summed E-state index contributed by atoms with van der Waals surface area (Å²) in [7, 11) is 0. The van der Waals surface area contributed by atoms with Crippen LogP contribution in [0.25, 0.3) is 10.2 Å². The van der Waals surface area contributed by atoms with Gasteiger partial charge in [-0.05, 0) is 42.2 Å². The molecule has 1 aliphatic heterocycles. The summed E-state index contributed by atoms with van der Waals surface area (Å²) in [4.78, 5) is 39.3. The number of ether oxygens (including phenoxy) is 1. The molecule has 4 heterocycles. The van der Waals surface area contributed by atoms with E-state index in [1.165, 1.54) is 20.5 Å². The molecule has 1 saturated heterocycles. The first-order valence-electron chi connectivity index (χ1n) is 9.25. The summed E-state index contributed by atoms with van der Waals surface area (Å²) in [5.41, 5.74) is -0.220. The minimum atomic E-state index is -0.445. The number of hydrogen-bond acceptors (Lipinski definition) is 6. The maximum atomic E-state index is 13.0.